The van der Waals surface area contributed by atoms with E-state index in [-0.39, 0.29) is 17.5 Å². The summed E-state index contributed by atoms with van der Waals surface area (Å²) < 4.78 is 20.7. The first-order valence-corrected chi connectivity index (χ1v) is 5.15. The fourth-order valence-corrected chi connectivity index (χ4v) is 1.28. The molecule has 0 aliphatic carbocycles. The van der Waals surface area contributed by atoms with Gasteiger partial charge in [0.15, 0.2) is 0 Å². The second-order valence-corrected chi connectivity index (χ2v) is 3.46. The fraction of sp³-hybridized carbons (Fsp3) is 0.429. The van der Waals surface area contributed by atoms with Crippen molar-refractivity contribution in [2.45, 2.75) is 19.1 Å². The molecule has 0 fully saturated rings. The van der Waals surface area contributed by atoms with Crippen molar-refractivity contribution in [3.05, 3.63) is 17.6 Å². The van der Waals surface area contributed by atoms with E-state index >= 15 is 0 Å². The number of aryl methyl sites for hydroxylation is 1. The van der Waals surface area contributed by atoms with Crippen LogP contribution in [0.15, 0.2) is 6.07 Å². The Kier molecular flexibility index (Phi) is 3.18. The normalized spacial score (nSPS) is 10.6. The van der Waals surface area contributed by atoms with Gasteiger partial charge in [-0.1, -0.05) is 6.92 Å². The van der Waals surface area contributed by atoms with Gasteiger partial charge in [-0.05, 0) is 6.42 Å². The second-order valence-electron chi connectivity index (χ2n) is 2.48. The molecule has 13 heavy (non-hydrogen) atoms. The molecule has 6 heteroatoms. The summed E-state index contributed by atoms with van der Waals surface area (Å²) in [5, 5.41) is 9.09. The van der Waals surface area contributed by atoms with E-state index in [1.807, 2.05) is 6.92 Å². The Morgan fingerprint density at radius 2 is 2.15 bits per heavy atom. The predicted molar refractivity (Wildman–Crippen MR) is 47.1 cm³/mol. The zero-order valence-electron chi connectivity index (χ0n) is 7.10. The van der Waals surface area contributed by atoms with E-state index in [0.29, 0.717) is 12.1 Å². The molecule has 72 valence electrons. The lowest BCUT2D eigenvalue weighted by atomic mass is 10.3. The summed E-state index contributed by atoms with van der Waals surface area (Å²) in [6.45, 7) is 1.86. The number of aromatic nitrogens is 2. The first-order valence-electron chi connectivity index (χ1n) is 3.79. The van der Waals surface area contributed by atoms with E-state index in [9.17, 15) is 8.42 Å². The van der Waals surface area contributed by atoms with Crippen molar-refractivity contribution in [2.75, 3.05) is 0 Å². The summed E-state index contributed by atoms with van der Waals surface area (Å²) >= 11 is 0. The molecular weight excluding hydrogens is 192 g/mol. The molecule has 5 nitrogen and oxygen atoms in total. The van der Waals surface area contributed by atoms with Gasteiger partial charge in [-0.2, -0.15) is 4.98 Å². The minimum absolute atomic E-state index is 0.146. The Morgan fingerprint density at radius 1 is 1.46 bits per heavy atom. The highest BCUT2D eigenvalue weighted by Gasteiger charge is 2.03. The largest absolute Gasteiger partial charge is 0.493 e. The molecule has 1 N–H and O–H groups in total. The molecule has 0 amide bonds. The van der Waals surface area contributed by atoms with Gasteiger partial charge < -0.3 is 5.11 Å². The summed E-state index contributed by atoms with van der Waals surface area (Å²) in [5.74, 6) is -0.261. The Hall–Kier alpha value is -1.17. The number of hydrogen-bond acceptors (Lipinski definition) is 5. The maximum Gasteiger partial charge on any atom is 0.214 e. The van der Waals surface area contributed by atoms with E-state index in [1.165, 1.54) is 6.07 Å². The summed E-state index contributed by atoms with van der Waals surface area (Å²) in [5.41, 5.74) is 0.638. The summed E-state index contributed by atoms with van der Waals surface area (Å²) in [6.07, 6.45) is 0.638. The number of nitrogens with zero attached hydrogens (tertiary/aromatic N) is 2. The SMILES string of the molecule is CCc1cc(O)nc(C[SH](=O)=O)n1. The van der Waals surface area contributed by atoms with Crippen LogP contribution in [-0.2, 0) is 22.9 Å². The maximum atomic E-state index is 10.4. The van der Waals surface area contributed by atoms with E-state index in [0.717, 1.165) is 0 Å². The minimum Gasteiger partial charge on any atom is -0.493 e. The molecule has 0 saturated heterocycles. The van der Waals surface area contributed by atoms with Gasteiger partial charge >= 0.3 is 0 Å². The Bertz CT molecular complexity index is 368. The molecule has 1 rings (SSSR count). The lowest BCUT2D eigenvalue weighted by molar-refractivity contribution is 0.448. The van der Waals surface area contributed by atoms with E-state index in [1.54, 1.807) is 0 Å². The van der Waals surface area contributed by atoms with Crippen LogP contribution in [0.3, 0.4) is 0 Å². The summed E-state index contributed by atoms with van der Waals surface area (Å²) in [6, 6.07) is 1.42. The van der Waals surface area contributed by atoms with E-state index < -0.39 is 10.7 Å². The summed E-state index contributed by atoms with van der Waals surface area (Å²) in [4.78, 5) is 7.52. The number of hydrogen-bond donors (Lipinski definition) is 2. The Balaban J connectivity index is 3.01. The lowest BCUT2D eigenvalue weighted by Crippen LogP contribution is -1.99. The molecule has 1 aromatic heterocycles. The molecule has 1 heterocycles. The molecule has 0 saturated carbocycles. The standard InChI is InChI=1S/C7H10N2O3S/c1-2-5-3-7(10)9-6(8-5)4-13(11)12/h3,13H,2,4H2,1H3,(H,8,9,10). The van der Waals surface area contributed by atoms with Gasteiger partial charge in [-0.15, -0.1) is 0 Å². The van der Waals surface area contributed by atoms with Gasteiger partial charge in [0.1, 0.15) is 22.3 Å². The topological polar surface area (TPSA) is 80.2 Å². The maximum absolute atomic E-state index is 10.4. The van der Waals surface area contributed by atoms with Gasteiger partial charge in [0, 0.05) is 11.8 Å². The predicted octanol–water partition coefficient (Wildman–Crippen LogP) is -0.144. The third-order valence-electron chi connectivity index (χ3n) is 1.44. The molecule has 0 aromatic carbocycles. The molecule has 0 atom stereocenters. The molecule has 0 radical (unpaired) electrons. The van der Waals surface area contributed by atoms with Gasteiger partial charge in [0.05, 0.1) is 0 Å². The van der Waals surface area contributed by atoms with Crippen molar-refractivity contribution in [3.63, 3.8) is 0 Å². The molecule has 0 aliphatic heterocycles. The first-order chi connectivity index (χ1) is 6.11. The smallest absolute Gasteiger partial charge is 0.214 e. The van der Waals surface area contributed by atoms with Crippen molar-refractivity contribution < 1.29 is 13.5 Å². The molecule has 0 unspecified atom stereocenters. The van der Waals surface area contributed by atoms with Crippen molar-refractivity contribution in [3.8, 4) is 5.88 Å². The lowest BCUT2D eigenvalue weighted by Gasteiger charge is -1.99. The van der Waals surface area contributed by atoms with Crippen LogP contribution in [0.4, 0.5) is 0 Å². The fourth-order valence-electron chi connectivity index (χ4n) is 0.904. The number of rotatable bonds is 3. The molecule has 1 aromatic rings. The average Bonchev–Trinajstić information content (AvgIpc) is 2.01. The van der Waals surface area contributed by atoms with Crippen LogP contribution in [0.2, 0.25) is 0 Å². The monoisotopic (exact) mass is 202 g/mol. The highest BCUT2D eigenvalue weighted by molar-refractivity contribution is 7.71. The van der Waals surface area contributed by atoms with Gasteiger partial charge in [-0.25, -0.2) is 13.4 Å². The van der Waals surface area contributed by atoms with Crippen LogP contribution in [-0.4, -0.2) is 23.5 Å². The van der Waals surface area contributed by atoms with E-state index in [4.69, 9.17) is 5.11 Å². The Morgan fingerprint density at radius 3 is 2.69 bits per heavy atom. The molecule has 0 spiro atoms. The van der Waals surface area contributed by atoms with Crippen LogP contribution in [0, 0.1) is 0 Å². The average molecular weight is 202 g/mol. The van der Waals surface area contributed by atoms with Gasteiger partial charge in [-0.3, -0.25) is 0 Å². The first kappa shape index (κ1) is 9.91. The quantitative estimate of drug-likeness (QED) is 0.667. The van der Waals surface area contributed by atoms with Crippen molar-refractivity contribution in [1.82, 2.24) is 9.97 Å². The zero-order chi connectivity index (χ0) is 9.84. The molecular formula is C7H10N2O3S. The highest BCUT2D eigenvalue weighted by Crippen LogP contribution is 2.08. The van der Waals surface area contributed by atoms with Gasteiger partial charge in [0.2, 0.25) is 5.88 Å². The van der Waals surface area contributed by atoms with Crippen molar-refractivity contribution in [2.24, 2.45) is 0 Å². The minimum atomic E-state index is -2.54. The number of aromatic hydroxyl groups is 1. The second kappa shape index (κ2) is 4.18. The third-order valence-corrected chi connectivity index (χ3v) is 1.99. The van der Waals surface area contributed by atoms with Crippen molar-refractivity contribution >= 4 is 10.7 Å². The van der Waals surface area contributed by atoms with Crippen LogP contribution in [0.25, 0.3) is 0 Å². The Labute approximate surface area is 77.4 Å². The van der Waals surface area contributed by atoms with Crippen LogP contribution < -0.4 is 0 Å². The highest BCUT2D eigenvalue weighted by atomic mass is 32.2. The summed E-state index contributed by atoms with van der Waals surface area (Å²) in [7, 11) is -2.54. The van der Waals surface area contributed by atoms with Crippen LogP contribution in [0.1, 0.15) is 18.4 Å². The van der Waals surface area contributed by atoms with Crippen LogP contribution >= 0.6 is 0 Å². The van der Waals surface area contributed by atoms with Crippen LogP contribution in [0.5, 0.6) is 5.88 Å². The van der Waals surface area contributed by atoms with Crippen molar-refractivity contribution in [1.29, 1.82) is 0 Å². The van der Waals surface area contributed by atoms with Gasteiger partial charge in [0.25, 0.3) is 0 Å². The molecule has 0 bridgehead atoms. The molecule has 0 aliphatic rings. The van der Waals surface area contributed by atoms with E-state index in [2.05, 4.69) is 9.97 Å². The third kappa shape index (κ3) is 2.98. The zero-order valence-corrected chi connectivity index (χ0v) is 7.99. The number of thiol groups is 1.